The number of aliphatic hydroxyl groups excluding tert-OH is 2. The van der Waals surface area contributed by atoms with Gasteiger partial charge < -0.3 is 39.0 Å². The molecule has 3 bridgehead atoms. The average molecular weight is 649 g/mol. The van der Waals surface area contributed by atoms with Gasteiger partial charge in [-0.05, 0) is 50.0 Å². The van der Waals surface area contributed by atoms with E-state index in [4.69, 9.17) is 23.7 Å². The van der Waals surface area contributed by atoms with E-state index in [9.17, 15) is 24.9 Å². The number of fused-ring (bicyclic) bond motifs is 3. The van der Waals surface area contributed by atoms with Gasteiger partial charge in [-0.1, -0.05) is 75.8 Å². The minimum atomic E-state index is -2.41. The van der Waals surface area contributed by atoms with E-state index in [0.717, 1.165) is 25.7 Å². The molecule has 0 spiro atoms. The van der Waals surface area contributed by atoms with Gasteiger partial charge in [0.15, 0.2) is 17.0 Å². The predicted molar refractivity (Wildman–Crippen MR) is 169 cm³/mol. The Morgan fingerprint density at radius 1 is 1.11 bits per heavy atom. The molecule has 6 aliphatic rings. The number of unbranched alkanes of at least 4 members (excludes halogenated alkanes) is 3. The number of ether oxygens (including phenoxy) is 5. The molecule has 3 aliphatic heterocycles. The van der Waals surface area contributed by atoms with Gasteiger partial charge in [-0.2, -0.15) is 0 Å². The fourth-order valence-corrected chi connectivity index (χ4v) is 9.24. The smallest absolute Gasteiger partial charge is 0.338 e. The maximum absolute atomic E-state index is 13.8. The molecule has 1 aromatic carbocycles. The third kappa shape index (κ3) is 4.16. The summed E-state index contributed by atoms with van der Waals surface area (Å²) in [6, 6.07) is 8.57. The summed E-state index contributed by atoms with van der Waals surface area (Å²) in [5, 5.41) is 34.9. The molecule has 0 aromatic heterocycles. The largest absolute Gasteiger partial charge is 0.455 e. The zero-order valence-corrected chi connectivity index (χ0v) is 27.3. The molecule has 2 saturated carbocycles. The van der Waals surface area contributed by atoms with Crippen LogP contribution in [0.1, 0.15) is 63.7 Å². The highest BCUT2D eigenvalue weighted by atomic mass is 16.9. The van der Waals surface area contributed by atoms with E-state index in [1.54, 1.807) is 62.4 Å². The minimum absolute atomic E-state index is 0.238. The number of rotatable bonds is 10. The Morgan fingerprint density at radius 3 is 2.53 bits per heavy atom. The number of carbonyl (C=O) groups is 2. The Kier molecular flexibility index (Phi) is 7.65. The van der Waals surface area contributed by atoms with E-state index in [1.165, 1.54) is 0 Å². The Bertz CT molecular complexity index is 1570. The van der Waals surface area contributed by atoms with Crippen molar-refractivity contribution in [1.29, 1.82) is 0 Å². The van der Waals surface area contributed by atoms with E-state index in [-0.39, 0.29) is 5.57 Å². The Hall–Kier alpha value is -2.96. The lowest BCUT2D eigenvalue weighted by Crippen LogP contribution is -2.76. The van der Waals surface area contributed by atoms with Crippen molar-refractivity contribution in [2.24, 2.45) is 17.8 Å². The monoisotopic (exact) mass is 648 g/mol. The summed E-state index contributed by atoms with van der Waals surface area (Å²) in [5.74, 6) is -5.81. The van der Waals surface area contributed by atoms with Gasteiger partial charge in [0, 0.05) is 23.8 Å². The van der Waals surface area contributed by atoms with Crippen LogP contribution in [0.4, 0.5) is 0 Å². The van der Waals surface area contributed by atoms with Crippen LogP contribution in [-0.2, 0) is 28.5 Å². The number of allylic oxidation sites excluding steroid dienone is 3. The first-order valence-corrected chi connectivity index (χ1v) is 16.7. The van der Waals surface area contributed by atoms with Crippen LogP contribution < -0.4 is 0 Å². The molecule has 7 rings (SSSR count). The first-order chi connectivity index (χ1) is 22.4. The number of aliphatic hydroxyl groups is 3. The summed E-state index contributed by atoms with van der Waals surface area (Å²) >= 11 is 0. The molecule has 0 amide bonds. The first-order valence-electron chi connectivity index (χ1n) is 16.7. The number of epoxide rings is 1. The quantitative estimate of drug-likeness (QED) is 0.113. The third-order valence-corrected chi connectivity index (χ3v) is 11.5. The number of ketones is 1. The van der Waals surface area contributed by atoms with Crippen LogP contribution in [0.25, 0.3) is 0 Å². The molecular formula is C37H44O10. The molecule has 3 unspecified atom stereocenters. The molecular weight excluding hydrogens is 604 g/mol. The van der Waals surface area contributed by atoms with E-state index >= 15 is 0 Å². The average Bonchev–Trinajstić information content (AvgIpc) is 3.69. The molecule has 10 heteroatoms. The van der Waals surface area contributed by atoms with Crippen molar-refractivity contribution in [2.45, 2.75) is 106 Å². The van der Waals surface area contributed by atoms with Gasteiger partial charge in [0.2, 0.25) is 0 Å². The summed E-state index contributed by atoms with van der Waals surface area (Å²) in [7, 11) is 0. The van der Waals surface area contributed by atoms with Crippen molar-refractivity contribution in [3.05, 3.63) is 84.0 Å². The number of carbonyl (C=O) groups excluding carboxylic acids is 2. The van der Waals surface area contributed by atoms with Crippen molar-refractivity contribution in [2.75, 3.05) is 6.61 Å². The lowest BCUT2D eigenvalue weighted by molar-refractivity contribution is -0.407. The van der Waals surface area contributed by atoms with Crippen molar-refractivity contribution >= 4 is 11.8 Å². The van der Waals surface area contributed by atoms with Gasteiger partial charge in [-0.3, -0.25) is 4.79 Å². The second-order valence-corrected chi connectivity index (χ2v) is 14.1. The topological polar surface area (TPSA) is 144 Å². The first kappa shape index (κ1) is 32.6. The van der Waals surface area contributed by atoms with E-state index in [1.807, 2.05) is 19.1 Å². The molecule has 5 fully saturated rings. The minimum Gasteiger partial charge on any atom is -0.455 e. The second-order valence-electron chi connectivity index (χ2n) is 14.1. The van der Waals surface area contributed by atoms with Gasteiger partial charge in [-0.15, -0.1) is 0 Å². The molecule has 12 atom stereocenters. The van der Waals surface area contributed by atoms with Crippen LogP contribution in [0.15, 0.2) is 78.4 Å². The van der Waals surface area contributed by atoms with Gasteiger partial charge in [-0.25, -0.2) is 4.79 Å². The molecule has 3 aliphatic carbocycles. The second kappa shape index (κ2) is 11.0. The maximum atomic E-state index is 13.8. The fourth-order valence-electron chi connectivity index (χ4n) is 9.24. The van der Waals surface area contributed by atoms with E-state index in [2.05, 4.69) is 13.5 Å². The lowest BCUT2D eigenvalue weighted by atomic mass is 9.53. The standard InChI is InChI=1S/C37H44O10/c1-6-7-8-9-10-11-15-18-34-45-30-26-29-33(20-38,44-29)32(41)35(42)25(19-22(4)27(35)39)37(26,47-34)23(5)28(36(30,46-34)21(2)3)43-31(40)24-16-13-12-14-17-24/h10-19,23,25-26,28-30,32,38,41-42H,2,6-9,20H2,1,3-5H3/b11-10-,18-15+/t23-,25?,26?,28-,29+,30-,32-,33+,34?,35-,36+,37+/m0/s1. The number of esters is 1. The third-order valence-electron chi connectivity index (χ3n) is 11.5. The summed E-state index contributed by atoms with van der Waals surface area (Å²) in [4.78, 5) is 27.6. The summed E-state index contributed by atoms with van der Waals surface area (Å²) in [5.41, 5.74) is -6.01. The van der Waals surface area contributed by atoms with Crippen molar-refractivity contribution in [3.63, 3.8) is 0 Å². The van der Waals surface area contributed by atoms with Crippen LogP contribution in [0.3, 0.4) is 0 Å². The highest BCUT2D eigenvalue weighted by Gasteiger charge is 2.90. The van der Waals surface area contributed by atoms with Crippen LogP contribution in [0, 0.1) is 17.8 Å². The molecule has 0 radical (unpaired) electrons. The Morgan fingerprint density at radius 2 is 1.85 bits per heavy atom. The Balaban J connectivity index is 1.41. The van der Waals surface area contributed by atoms with Crippen molar-refractivity contribution in [1.82, 2.24) is 0 Å². The van der Waals surface area contributed by atoms with Crippen LogP contribution in [0.2, 0.25) is 0 Å². The number of benzene rings is 1. The van der Waals surface area contributed by atoms with Gasteiger partial charge >= 0.3 is 11.9 Å². The highest BCUT2D eigenvalue weighted by molar-refractivity contribution is 6.05. The summed E-state index contributed by atoms with van der Waals surface area (Å²) < 4.78 is 33.2. The molecule has 3 N–H and O–H groups in total. The molecule has 3 saturated heterocycles. The zero-order valence-electron chi connectivity index (χ0n) is 27.3. The van der Waals surface area contributed by atoms with Crippen molar-refractivity contribution < 1.29 is 48.6 Å². The molecule has 252 valence electrons. The molecule has 3 heterocycles. The zero-order chi connectivity index (χ0) is 33.6. The lowest BCUT2D eigenvalue weighted by Gasteiger charge is -2.61. The van der Waals surface area contributed by atoms with E-state index < -0.39 is 88.9 Å². The number of hydrogen-bond donors (Lipinski definition) is 3. The van der Waals surface area contributed by atoms with Gasteiger partial charge in [0.05, 0.1) is 17.8 Å². The summed E-state index contributed by atoms with van der Waals surface area (Å²) in [6.45, 7) is 11.0. The van der Waals surface area contributed by atoms with Crippen LogP contribution in [-0.4, -0.2) is 86.5 Å². The maximum Gasteiger partial charge on any atom is 0.338 e. The van der Waals surface area contributed by atoms with Gasteiger partial charge in [0.25, 0.3) is 0 Å². The van der Waals surface area contributed by atoms with Crippen molar-refractivity contribution in [3.8, 4) is 0 Å². The normalized spacial score (nSPS) is 45.8. The Labute approximate surface area is 274 Å². The SMILES string of the molecule is C=C(C)[C@]12OC3(/C=C/C=C\CCCCC)O[C@H]1C1[C@H]4O[C@@]4(CO)[C@H](O)[C@@]4(O)C(=O)C(C)=CC4[C@]1(O3)[C@@H](C)[C@@H]2OC(=O)c1ccccc1. The summed E-state index contributed by atoms with van der Waals surface area (Å²) in [6.07, 6.45) is 8.51. The molecule has 47 heavy (non-hydrogen) atoms. The fraction of sp³-hybridized carbons (Fsp3) is 0.568. The molecule has 1 aromatic rings. The highest BCUT2D eigenvalue weighted by Crippen LogP contribution is 2.73. The van der Waals surface area contributed by atoms with Crippen LogP contribution >= 0.6 is 0 Å². The van der Waals surface area contributed by atoms with Crippen LogP contribution in [0.5, 0.6) is 0 Å². The number of Topliss-reactive ketones (excluding diaryl/α,β-unsaturated/α-hetero) is 1. The van der Waals surface area contributed by atoms with Gasteiger partial charge in [0.1, 0.15) is 30.0 Å². The van der Waals surface area contributed by atoms with E-state index in [0.29, 0.717) is 11.1 Å². The predicted octanol–water partition coefficient (Wildman–Crippen LogP) is 3.70. The number of hydrogen-bond acceptors (Lipinski definition) is 10. The molecule has 10 nitrogen and oxygen atoms in total.